The van der Waals surface area contributed by atoms with Crippen LogP contribution in [0.1, 0.15) is 47.0 Å². The van der Waals surface area contributed by atoms with Crippen molar-refractivity contribution in [3.63, 3.8) is 0 Å². The first-order valence-electron chi connectivity index (χ1n) is 7.22. The number of nitrogens with zero attached hydrogens (tertiary/aromatic N) is 2. The summed E-state index contributed by atoms with van der Waals surface area (Å²) in [5.41, 5.74) is 0.127. The Kier molecular flexibility index (Phi) is 3.25. The van der Waals surface area contributed by atoms with Crippen LogP contribution in [-0.2, 0) is 9.31 Å². The minimum atomic E-state index is -0.419. The van der Waals surface area contributed by atoms with Gasteiger partial charge in [-0.25, -0.2) is 9.97 Å². The Morgan fingerprint density at radius 3 is 2.10 bits per heavy atom. The van der Waals surface area contributed by atoms with Crippen molar-refractivity contribution in [1.29, 1.82) is 0 Å². The predicted molar refractivity (Wildman–Crippen MR) is 76.0 cm³/mol. The van der Waals surface area contributed by atoms with Crippen molar-refractivity contribution in [3.8, 4) is 6.01 Å². The SMILES string of the molecule is CC1(C)OB(c2cnc(OC3CCC3)nc2)OC1(C)C. The summed E-state index contributed by atoms with van der Waals surface area (Å²) in [6.45, 7) is 8.12. The van der Waals surface area contributed by atoms with Gasteiger partial charge in [0.25, 0.3) is 0 Å². The smallest absolute Gasteiger partial charge is 0.460 e. The highest BCUT2D eigenvalue weighted by Crippen LogP contribution is 2.36. The molecule has 1 aliphatic heterocycles. The van der Waals surface area contributed by atoms with Crippen molar-refractivity contribution in [2.24, 2.45) is 0 Å². The molecule has 1 saturated heterocycles. The van der Waals surface area contributed by atoms with E-state index in [0.717, 1.165) is 18.3 Å². The van der Waals surface area contributed by atoms with Gasteiger partial charge in [0, 0.05) is 17.9 Å². The Labute approximate surface area is 120 Å². The molecule has 6 heteroatoms. The zero-order valence-corrected chi connectivity index (χ0v) is 12.5. The normalized spacial score (nSPS) is 24.5. The van der Waals surface area contributed by atoms with Crippen LogP contribution in [0.15, 0.2) is 12.4 Å². The molecule has 1 aliphatic carbocycles. The highest BCUT2D eigenvalue weighted by atomic mass is 16.7. The maximum Gasteiger partial charge on any atom is 0.498 e. The van der Waals surface area contributed by atoms with Crippen molar-refractivity contribution < 1.29 is 14.0 Å². The van der Waals surface area contributed by atoms with Crippen LogP contribution in [0, 0.1) is 0 Å². The summed E-state index contributed by atoms with van der Waals surface area (Å²) in [4.78, 5) is 8.49. The fraction of sp³-hybridized carbons (Fsp3) is 0.714. The van der Waals surface area contributed by atoms with Gasteiger partial charge in [0.1, 0.15) is 6.10 Å². The van der Waals surface area contributed by atoms with Gasteiger partial charge in [0.15, 0.2) is 0 Å². The van der Waals surface area contributed by atoms with E-state index >= 15 is 0 Å². The molecule has 3 rings (SSSR count). The molecule has 20 heavy (non-hydrogen) atoms. The molecular weight excluding hydrogens is 255 g/mol. The van der Waals surface area contributed by atoms with Gasteiger partial charge in [0.05, 0.1) is 11.2 Å². The quantitative estimate of drug-likeness (QED) is 0.787. The van der Waals surface area contributed by atoms with E-state index in [1.54, 1.807) is 12.4 Å². The number of ether oxygens (including phenoxy) is 1. The first-order chi connectivity index (χ1) is 9.37. The molecule has 0 aromatic carbocycles. The van der Waals surface area contributed by atoms with Gasteiger partial charge in [0.2, 0.25) is 0 Å². The van der Waals surface area contributed by atoms with Crippen molar-refractivity contribution in [1.82, 2.24) is 9.97 Å². The van der Waals surface area contributed by atoms with Crippen molar-refractivity contribution in [3.05, 3.63) is 12.4 Å². The van der Waals surface area contributed by atoms with E-state index in [1.807, 2.05) is 27.7 Å². The first kappa shape index (κ1) is 13.8. The van der Waals surface area contributed by atoms with Gasteiger partial charge >= 0.3 is 13.1 Å². The van der Waals surface area contributed by atoms with Gasteiger partial charge in [-0.3, -0.25) is 0 Å². The summed E-state index contributed by atoms with van der Waals surface area (Å²) in [5.74, 6) is 0. The molecule has 0 bridgehead atoms. The topological polar surface area (TPSA) is 53.5 Å². The van der Waals surface area contributed by atoms with Crippen LogP contribution in [0.5, 0.6) is 6.01 Å². The monoisotopic (exact) mass is 276 g/mol. The third kappa shape index (κ3) is 2.42. The second-order valence-corrected chi connectivity index (χ2v) is 6.56. The number of aromatic nitrogens is 2. The molecule has 2 fully saturated rings. The lowest BCUT2D eigenvalue weighted by Crippen LogP contribution is -2.41. The van der Waals surface area contributed by atoms with E-state index in [4.69, 9.17) is 14.0 Å². The Hall–Kier alpha value is -1.14. The second kappa shape index (κ2) is 4.70. The van der Waals surface area contributed by atoms with E-state index in [2.05, 4.69) is 9.97 Å². The van der Waals surface area contributed by atoms with Crippen molar-refractivity contribution in [2.45, 2.75) is 64.3 Å². The molecule has 1 saturated carbocycles. The molecule has 0 unspecified atom stereocenters. The van der Waals surface area contributed by atoms with Gasteiger partial charge in [-0.2, -0.15) is 0 Å². The van der Waals surface area contributed by atoms with Crippen molar-refractivity contribution in [2.75, 3.05) is 0 Å². The van der Waals surface area contributed by atoms with Gasteiger partial charge in [-0.05, 0) is 47.0 Å². The molecule has 5 nitrogen and oxygen atoms in total. The van der Waals surface area contributed by atoms with Crippen LogP contribution in [0.4, 0.5) is 0 Å². The lowest BCUT2D eigenvalue weighted by Gasteiger charge is -2.32. The maximum absolute atomic E-state index is 5.96. The minimum absolute atomic E-state index is 0.290. The van der Waals surface area contributed by atoms with E-state index < -0.39 is 7.12 Å². The van der Waals surface area contributed by atoms with E-state index in [-0.39, 0.29) is 17.3 Å². The number of hydrogen-bond donors (Lipinski definition) is 0. The fourth-order valence-corrected chi connectivity index (χ4v) is 2.13. The van der Waals surface area contributed by atoms with Gasteiger partial charge in [-0.15, -0.1) is 0 Å². The Bertz CT molecular complexity index is 470. The molecule has 0 radical (unpaired) electrons. The predicted octanol–water partition coefficient (Wildman–Crippen LogP) is 1.71. The molecule has 2 aliphatic rings. The lowest BCUT2D eigenvalue weighted by molar-refractivity contribution is 0.00578. The third-order valence-electron chi connectivity index (χ3n) is 4.50. The molecule has 2 heterocycles. The highest BCUT2D eigenvalue weighted by Gasteiger charge is 2.51. The zero-order chi connectivity index (χ0) is 14.4. The Morgan fingerprint density at radius 2 is 1.65 bits per heavy atom. The van der Waals surface area contributed by atoms with E-state index in [0.29, 0.717) is 6.01 Å². The van der Waals surface area contributed by atoms with Crippen LogP contribution < -0.4 is 10.2 Å². The molecule has 0 atom stereocenters. The van der Waals surface area contributed by atoms with Crippen LogP contribution in [0.25, 0.3) is 0 Å². The average molecular weight is 276 g/mol. The second-order valence-electron chi connectivity index (χ2n) is 6.56. The van der Waals surface area contributed by atoms with Gasteiger partial charge in [-0.1, -0.05) is 0 Å². The molecule has 1 aromatic rings. The van der Waals surface area contributed by atoms with E-state index in [9.17, 15) is 0 Å². The third-order valence-corrected chi connectivity index (χ3v) is 4.50. The maximum atomic E-state index is 5.96. The molecule has 0 N–H and O–H groups in total. The number of hydrogen-bond acceptors (Lipinski definition) is 5. The highest BCUT2D eigenvalue weighted by molar-refractivity contribution is 6.61. The largest absolute Gasteiger partial charge is 0.498 e. The summed E-state index contributed by atoms with van der Waals surface area (Å²) in [6, 6.07) is 0.440. The fourth-order valence-electron chi connectivity index (χ4n) is 2.13. The summed E-state index contributed by atoms with van der Waals surface area (Å²) >= 11 is 0. The average Bonchev–Trinajstić information content (AvgIpc) is 2.54. The molecule has 0 spiro atoms. The van der Waals surface area contributed by atoms with Crippen LogP contribution in [0.2, 0.25) is 0 Å². The van der Waals surface area contributed by atoms with Crippen molar-refractivity contribution >= 4 is 12.6 Å². The molecule has 0 amide bonds. The molecular formula is C14H21BN2O3. The van der Waals surface area contributed by atoms with E-state index in [1.165, 1.54) is 6.42 Å². The molecule has 108 valence electrons. The Balaban J connectivity index is 1.69. The van der Waals surface area contributed by atoms with Crippen LogP contribution in [0.3, 0.4) is 0 Å². The Morgan fingerprint density at radius 1 is 1.10 bits per heavy atom. The zero-order valence-electron chi connectivity index (χ0n) is 12.5. The molecule has 1 aromatic heterocycles. The van der Waals surface area contributed by atoms with Crippen LogP contribution in [-0.4, -0.2) is 34.4 Å². The van der Waals surface area contributed by atoms with Crippen LogP contribution >= 0.6 is 0 Å². The minimum Gasteiger partial charge on any atom is -0.460 e. The lowest BCUT2D eigenvalue weighted by atomic mass is 9.81. The summed E-state index contributed by atoms with van der Waals surface area (Å²) in [5, 5.41) is 0. The van der Waals surface area contributed by atoms with Gasteiger partial charge < -0.3 is 14.0 Å². The summed E-state index contributed by atoms with van der Waals surface area (Å²) in [6.07, 6.45) is 7.17. The standard InChI is InChI=1S/C14H21BN2O3/c1-13(2)14(3,4)20-15(19-13)10-8-16-12(17-9-10)18-11-6-5-7-11/h8-9,11H,5-7H2,1-4H3. The summed E-state index contributed by atoms with van der Waals surface area (Å²) in [7, 11) is -0.419. The number of rotatable bonds is 3. The summed E-state index contributed by atoms with van der Waals surface area (Å²) < 4.78 is 17.6. The first-order valence-corrected chi connectivity index (χ1v) is 7.22.